The Labute approximate surface area is 122 Å². The van der Waals surface area contributed by atoms with Gasteiger partial charge in [0.1, 0.15) is 18.2 Å². The summed E-state index contributed by atoms with van der Waals surface area (Å²) >= 11 is 0. The van der Waals surface area contributed by atoms with Crippen molar-refractivity contribution in [3.05, 3.63) is 42.4 Å². The lowest BCUT2D eigenvalue weighted by molar-refractivity contribution is 0.0587. The van der Waals surface area contributed by atoms with Gasteiger partial charge in [-0.25, -0.2) is 14.8 Å². The van der Waals surface area contributed by atoms with Crippen LogP contribution in [0.1, 0.15) is 10.6 Å². The predicted octanol–water partition coefficient (Wildman–Crippen LogP) is 1.34. The first-order chi connectivity index (χ1) is 10.2. The Balaban J connectivity index is 1.82. The number of ether oxygens (including phenoxy) is 2. The number of carbonyl (C=O) groups is 1. The zero-order valence-corrected chi connectivity index (χ0v) is 11.6. The molecule has 7 heteroatoms. The van der Waals surface area contributed by atoms with Crippen LogP contribution in [0.5, 0.6) is 5.75 Å². The van der Waals surface area contributed by atoms with Crippen LogP contribution in [0.25, 0.3) is 0 Å². The second-order valence-electron chi connectivity index (χ2n) is 4.10. The first-order valence-corrected chi connectivity index (χ1v) is 6.32. The van der Waals surface area contributed by atoms with Crippen molar-refractivity contribution in [1.82, 2.24) is 9.97 Å². The van der Waals surface area contributed by atoms with Gasteiger partial charge in [-0.3, -0.25) is 0 Å². The van der Waals surface area contributed by atoms with Crippen molar-refractivity contribution in [2.24, 2.45) is 0 Å². The van der Waals surface area contributed by atoms with E-state index in [9.17, 15) is 4.79 Å². The first-order valence-electron chi connectivity index (χ1n) is 6.32. The highest BCUT2D eigenvalue weighted by Gasteiger charge is 2.09. The standard InChI is InChI=1S/C14H16N4O3/c1-20-14(19)13-17-6-5-12(18-13)16-7-8-21-11-4-2-3-10(15)9-11/h2-6,9H,7-8,15H2,1H3,(H,16,17,18). The number of anilines is 2. The summed E-state index contributed by atoms with van der Waals surface area (Å²) in [6, 6.07) is 8.86. The van der Waals surface area contributed by atoms with Crippen LogP contribution in [0.15, 0.2) is 36.5 Å². The van der Waals surface area contributed by atoms with Crippen molar-refractivity contribution >= 4 is 17.5 Å². The fourth-order valence-electron chi connectivity index (χ4n) is 1.60. The molecule has 0 spiro atoms. The Morgan fingerprint density at radius 1 is 1.38 bits per heavy atom. The van der Waals surface area contributed by atoms with Crippen LogP contribution in [-0.2, 0) is 4.74 Å². The summed E-state index contributed by atoms with van der Waals surface area (Å²) < 4.78 is 10.1. The van der Waals surface area contributed by atoms with Crippen molar-refractivity contribution < 1.29 is 14.3 Å². The molecule has 0 fully saturated rings. The lowest BCUT2D eigenvalue weighted by Gasteiger charge is -2.08. The highest BCUT2D eigenvalue weighted by molar-refractivity contribution is 5.85. The lowest BCUT2D eigenvalue weighted by Crippen LogP contribution is -2.14. The van der Waals surface area contributed by atoms with Gasteiger partial charge < -0.3 is 20.5 Å². The minimum Gasteiger partial charge on any atom is -0.492 e. The molecule has 2 aromatic rings. The van der Waals surface area contributed by atoms with E-state index < -0.39 is 5.97 Å². The smallest absolute Gasteiger partial charge is 0.376 e. The number of rotatable bonds is 6. The second-order valence-corrected chi connectivity index (χ2v) is 4.10. The summed E-state index contributed by atoms with van der Waals surface area (Å²) in [5, 5.41) is 3.03. The third-order valence-electron chi connectivity index (χ3n) is 2.56. The molecule has 110 valence electrons. The fraction of sp³-hybridized carbons (Fsp3) is 0.214. The van der Waals surface area contributed by atoms with Crippen LogP contribution in [-0.4, -0.2) is 36.2 Å². The maximum Gasteiger partial charge on any atom is 0.376 e. The molecule has 0 aliphatic rings. The van der Waals surface area contributed by atoms with Crippen LogP contribution < -0.4 is 15.8 Å². The molecule has 0 saturated heterocycles. The van der Waals surface area contributed by atoms with Gasteiger partial charge in [0.25, 0.3) is 0 Å². The first kappa shape index (κ1) is 14.6. The van der Waals surface area contributed by atoms with Crippen LogP contribution >= 0.6 is 0 Å². The van der Waals surface area contributed by atoms with Crippen molar-refractivity contribution in [2.45, 2.75) is 0 Å². The number of carbonyl (C=O) groups excluding carboxylic acids is 1. The van der Waals surface area contributed by atoms with Crippen LogP contribution in [0.3, 0.4) is 0 Å². The molecule has 0 unspecified atom stereocenters. The average molecular weight is 288 g/mol. The van der Waals surface area contributed by atoms with Crippen LogP contribution in [0.2, 0.25) is 0 Å². The third-order valence-corrected chi connectivity index (χ3v) is 2.56. The van der Waals surface area contributed by atoms with E-state index in [1.54, 1.807) is 18.2 Å². The molecule has 0 aliphatic heterocycles. The Kier molecular flexibility index (Phi) is 4.92. The Morgan fingerprint density at radius 3 is 3.00 bits per heavy atom. The van der Waals surface area contributed by atoms with E-state index in [1.807, 2.05) is 12.1 Å². The number of esters is 1. The molecular formula is C14H16N4O3. The van der Waals surface area contributed by atoms with Gasteiger partial charge in [0, 0.05) is 18.0 Å². The molecule has 0 radical (unpaired) electrons. The Morgan fingerprint density at radius 2 is 2.24 bits per heavy atom. The normalized spacial score (nSPS) is 9.95. The maximum absolute atomic E-state index is 11.3. The SMILES string of the molecule is COC(=O)c1nccc(NCCOc2cccc(N)c2)n1. The van der Waals surface area contributed by atoms with Crippen molar-refractivity contribution in [1.29, 1.82) is 0 Å². The van der Waals surface area contributed by atoms with E-state index in [2.05, 4.69) is 20.0 Å². The molecule has 21 heavy (non-hydrogen) atoms. The number of nitrogens with one attached hydrogen (secondary N) is 1. The van der Waals surface area contributed by atoms with E-state index in [-0.39, 0.29) is 5.82 Å². The predicted molar refractivity (Wildman–Crippen MR) is 78.2 cm³/mol. The summed E-state index contributed by atoms with van der Waals surface area (Å²) in [5.74, 6) is 0.672. The van der Waals surface area contributed by atoms with Gasteiger partial charge >= 0.3 is 5.97 Å². The van der Waals surface area contributed by atoms with Gasteiger partial charge in [-0.2, -0.15) is 0 Å². The third kappa shape index (κ3) is 4.34. The lowest BCUT2D eigenvalue weighted by atomic mass is 10.3. The number of benzene rings is 1. The number of hydrogen-bond donors (Lipinski definition) is 2. The van der Waals surface area contributed by atoms with Gasteiger partial charge in [-0.1, -0.05) is 6.07 Å². The number of nitrogens with two attached hydrogens (primary N) is 1. The van der Waals surface area contributed by atoms with Gasteiger partial charge in [-0.15, -0.1) is 0 Å². The monoisotopic (exact) mass is 288 g/mol. The highest BCUT2D eigenvalue weighted by atomic mass is 16.5. The number of hydrogen-bond acceptors (Lipinski definition) is 7. The zero-order valence-electron chi connectivity index (χ0n) is 11.6. The minimum atomic E-state index is -0.574. The summed E-state index contributed by atoms with van der Waals surface area (Å²) in [5.41, 5.74) is 6.31. The van der Waals surface area contributed by atoms with Gasteiger partial charge in [-0.05, 0) is 18.2 Å². The van der Waals surface area contributed by atoms with Crippen LogP contribution in [0, 0.1) is 0 Å². The average Bonchev–Trinajstić information content (AvgIpc) is 2.51. The molecule has 7 nitrogen and oxygen atoms in total. The van der Waals surface area contributed by atoms with Crippen molar-refractivity contribution in [3.63, 3.8) is 0 Å². The van der Waals surface area contributed by atoms with Crippen molar-refractivity contribution in [3.8, 4) is 5.75 Å². The summed E-state index contributed by atoms with van der Waals surface area (Å²) in [7, 11) is 1.28. The van der Waals surface area contributed by atoms with E-state index in [4.69, 9.17) is 10.5 Å². The van der Waals surface area contributed by atoms with Crippen molar-refractivity contribution in [2.75, 3.05) is 31.3 Å². The Bertz CT molecular complexity index is 619. The fourth-order valence-corrected chi connectivity index (χ4v) is 1.60. The van der Waals surface area contributed by atoms with E-state index in [1.165, 1.54) is 13.3 Å². The summed E-state index contributed by atoms with van der Waals surface area (Å²) in [4.78, 5) is 19.2. The number of nitrogens with zero attached hydrogens (tertiary/aromatic N) is 2. The molecule has 1 heterocycles. The van der Waals surface area contributed by atoms with Gasteiger partial charge in [0.15, 0.2) is 0 Å². The summed E-state index contributed by atoms with van der Waals surface area (Å²) in [6.45, 7) is 0.952. The highest BCUT2D eigenvalue weighted by Crippen LogP contribution is 2.14. The Hall–Kier alpha value is -2.83. The largest absolute Gasteiger partial charge is 0.492 e. The van der Waals surface area contributed by atoms with Gasteiger partial charge in [0.2, 0.25) is 5.82 Å². The van der Waals surface area contributed by atoms with E-state index in [0.717, 1.165) is 0 Å². The molecule has 0 bridgehead atoms. The molecule has 0 saturated carbocycles. The molecule has 1 aromatic heterocycles. The molecule has 1 aromatic carbocycles. The zero-order chi connectivity index (χ0) is 15.1. The number of aromatic nitrogens is 2. The van der Waals surface area contributed by atoms with Gasteiger partial charge in [0.05, 0.1) is 13.7 Å². The molecule has 0 aliphatic carbocycles. The molecule has 0 amide bonds. The minimum absolute atomic E-state index is 0.0132. The van der Waals surface area contributed by atoms with E-state index in [0.29, 0.717) is 30.4 Å². The maximum atomic E-state index is 11.3. The quantitative estimate of drug-likeness (QED) is 0.470. The summed E-state index contributed by atoms with van der Waals surface area (Å²) in [6.07, 6.45) is 1.49. The van der Waals surface area contributed by atoms with E-state index >= 15 is 0 Å². The second kappa shape index (κ2) is 7.09. The molecular weight excluding hydrogens is 272 g/mol. The molecule has 2 rings (SSSR count). The molecule has 0 atom stereocenters. The van der Waals surface area contributed by atoms with Crippen LogP contribution in [0.4, 0.5) is 11.5 Å². The number of methoxy groups -OCH3 is 1. The topological polar surface area (TPSA) is 99.4 Å². The molecule has 3 N–H and O–H groups in total. The number of nitrogen functional groups attached to an aromatic ring is 1.